The Labute approximate surface area is 98.9 Å². The highest BCUT2D eigenvalue weighted by atomic mass is 15.1. The lowest BCUT2D eigenvalue weighted by Gasteiger charge is -2.19. The van der Waals surface area contributed by atoms with E-state index < -0.39 is 0 Å². The first kappa shape index (κ1) is 13.0. The molecule has 90 valence electrons. The van der Waals surface area contributed by atoms with Gasteiger partial charge in [-0.15, -0.1) is 0 Å². The van der Waals surface area contributed by atoms with Crippen molar-refractivity contribution in [3.63, 3.8) is 0 Å². The molecular formula is C13H23N3. The lowest BCUT2D eigenvalue weighted by Crippen LogP contribution is -2.19. The monoisotopic (exact) mass is 221 g/mol. The van der Waals surface area contributed by atoms with Gasteiger partial charge in [-0.3, -0.25) is 4.98 Å². The molecule has 0 saturated heterocycles. The second kappa shape index (κ2) is 7.23. The molecule has 1 N–H and O–H groups in total. The van der Waals surface area contributed by atoms with Gasteiger partial charge >= 0.3 is 0 Å². The molecule has 1 aromatic rings. The summed E-state index contributed by atoms with van der Waals surface area (Å²) >= 11 is 0. The molecule has 0 aliphatic carbocycles. The van der Waals surface area contributed by atoms with Gasteiger partial charge in [0.25, 0.3) is 0 Å². The molecule has 0 fully saturated rings. The van der Waals surface area contributed by atoms with Crippen molar-refractivity contribution in [1.82, 2.24) is 10.3 Å². The molecule has 3 heteroatoms. The molecule has 0 aliphatic rings. The molecule has 0 unspecified atom stereocenters. The number of hydrogen-bond donors (Lipinski definition) is 1. The van der Waals surface area contributed by atoms with Crippen molar-refractivity contribution in [2.24, 2.45) is 0 Å². The smallest absolute Gasteiger partial charge is 0.0562 e. The van der Waals surface area contributed by atoms with E-state index in [-0.39, 0.29) is 0 Å². The second-order valence-corrected chi connectivity index (χ2v) is 4.16. The summed E-state index contributed by atoms with van der Waals surface area (Å²) in [5.74, 6) is 0. The van der Waals surface area contributed by atoms with E-state index in [9.17, 15) is 0 Å². The minimum absolute atomic E-state index is 0.830. The molecule has 1 heterocycles. The summed E-state index contributed by atoms with van der Waals surface area (Å²) < 4.78 is 0. The number of aromatic nitrogens is 1. The van der Waals surface area contributed by atoms with Crippen molar-refractivity contribution >= 4 is 5.69 Å². The van der Waals surface area contributed by atoms with Crippen LogP contribution in [-0.4, -0.2) is 25.6 Å². The van der Waals surface area contributed by atoms with E-state index in [0.717, 1.165) is 18.8 Å². The van der Waals surface area contributed by atoms with E-state index in [1.165, 1.54) is 24.9 Å². The third-order valence-corrected chi connectivity index (χ3v) is 2.70. The zero-order valence-electron chi connectivity index (χ0n) is 10.7. The van der Waals surface area contributed by atoms with E-state index >= 15 is 0 Å². The van der Waals surface area contributed by atoms with Gasteiger partial charge in [-0.25, -0.2) is 0 Å². The first-order chi connectivity index (χ1) is 7.77. The third kappa shape index (κ3) is 4.19. The molecule has 0 spiro atoms. The van der Waals surface area contributed by atoms with Crippen molar-refractivity contribution in [2.75, 3.05) is 25.5 Å². The fraction of sp³-hybridized carbons (Fsp3) is 0.615. The summed E-state index contributed by atoms with van der Waals surface area (Å²) in [7, 11) is 4.09. The summed E-state index contributed by atoms with van der Waals surface area (Å²) in [4.78, 5) is 6.62. The van der Waals surface area contributed by atoms with E-state index in [4.69, 9.17) is 0 Å². The number of hydrogen-bond acceptors (Lipinski definition) is 3. The maximum atomic E-state index is 4.32. The number of unbranched alkanes of at least 4 members (excludes halogenated alkanes) is 2. The maximum absolute atomic E-state index is 4.32. The Balaban J connectivity index is 2.53. The van der Waals surface area contributed by atoms with Gasteiger partial charge in [0, 0.05) is 32.0 Å². The molecule has 0 radical (unpaired) electrons. The van der Waals surface area contributed by atoms with Gasteiger partial charge in [-0.2, -0.15) is 0 Å². The van der Waals surface area contributed by atoms with E-state index in [2.05, 4.69) is 41.3 Å². The highest BCUT2D eigenvalue weighted by Crippen LogP contribution is 2.13. The molecule has 0 aliphatic heterocycles. The molecule has 0 aromatic carbocycles. The maximum Gasteiger partial charge on any atom is 0.0562 e. The lowest BCUT2D eigenvalue weighted by atomic mass is 10.2. The minimum atomic E-state index is 0.830. The summed E-state index contributed by atoms with van der Waals surface area (Å²) in [5, 5.41) is 3.12. The first-order valence-electron chi connectivity index (χ1n) is 6.08. The predicted molar refractivity (Wildman–Crippen MR) is 69.8 cm³/mol. The topological polar surface area (TPSA) is 28.2 Å². The molecule has 1 aromatic heterocycles. The van der Waals surface area contributed by atoms with Crippen LogP contribution >= 0.6 is 0 Å². The van der Waals surface area contributed by atoms with Crippen LogP contribution in [0.1, 0.15) is 31.9 Å². The van der Waals surface area contributed by atoms with Crippen LogP contribution < -0.4 is 10.2 Å². The van der Waals surface area contributed by atoms with Gasteiger partial charge in [0.05, 0.1) is 5.69 Å². The Bertz CT molecular complexity index is 299. The van der Waals surface area contributed by atoms with Crippen LogP contribution in [0.3, 0.4) is 0 Å². The average molecular weight is 221 g/mol. The molecule has 3 nitrogen and oxygen atoms in total. The van der Waals surface area contributed by atoms with Crippen LogP contribution in [-0.2, 0) is 6.54 Å². The molecule has 0 bridgehead atoms. The fourth-order valence-electron chi connectivity index (χ4n) is 1.71. The van der Waals surface area contributed by atoms with E-state index in [1.54, 1.807) is 0 Å². The third-order valence-electron chi connectivity index (χ3n) is 2.70. The van der Waals surface area contributed by atoms with Gasteiger partial charge in [-0.05, 0) is 25.6 Å². The van der Waals surface area contributed by atoms with Crippen LogP contribution in [0.4, 0.5) is 5.69 Å². The number of nitrogens with one attached hydrogen (secondary N) is 1. The van der Waals surface area contributed by atoms with Gasteiger partial charge in [0.1, 0.15) is 0 Å². The minimum Gasteiger partial charge on any atom is -0.375 e. The molecule has 16 heavy (non-hydrogen) atoms. The highest BCUT2D eigenvalue weighted by molar-refractivity contribution is 5.45. The van der Waals surface area contributed by atoms with Gasteiger partial charge in [0.15, 0.2) is 0 Å². The Hall–Kier alpha value is -1.09. The predicted octanol–water partition coefficient (Wildman–Crippen LogP) is 2.43. The van der Waals surface area contributed by atoms with Gasteiger partial charge < -0.3 is 10.2 Å². The second-order valence-electron chi connectivity index (χ2n) is 4.16. The SMILES string of the molecule is CCCCCN(C)c1ccnc(CNC)c1. The largest absolute Gasteiger partial charge is 0.375 e. The quantitative estimate of drug-likeness (QED) is 0.717. The van der Waals surface area contributed by atoms with Crippen LogP contribution in [0.2, 0.25) is 0 Å². The van der Waals surface area contributed by atoms with Crippen LogP contribution in [0, 0.1) is 0 Å². The Kier molecular flexibility index (Phi) is 5.86. The standard InChI is InChI=1S/C13H23N3/c1-4-5-6-9-16(3)13-7-8-15-12(10-13)11-14-2/h7-8,10,14H,4-6,9,11H2,1-3H3. The van der Waals surface area contributed by atoms with Gasteiger partial charge in [-0.1, -0.05) is 19.8 Å². The molecular weight excluding hydrogens is 198 g/mol. The van der Waals surface area contributed by atoms with Crippen LogP contribution in [0.25, 0.3) is 0 Å². The van der Waals surface area contributed by atoms with Crippen molar-refractivity contribution in [3.05, 3.63) is 24.0 Å². The van der Waals surface area contributed by atoms with Crippen molar-refractivity contribution in [2.45, 2.75) is 32.7 Å². The van der Waals surface area contributed by atoms with Crippen molar-refractivity contribution in [1.29, 1.82) is 0 Å². The normalized spacial score (nSPS) is 10.4. The number of nitrogens with zero attached hydrogens (tertiary/aromatic N) is 2. The summed E-state index contributed by atoms with van der Waals surface area (Å²) in [6, 6.07) is 4.23. The average Bonchev–Trinajstić information content (AvgIpc) is 2.30. The number of pyridine rings is 1. The summed E-state index contributed by atoms with van der Waals surface area (Å²) in [6.07, 6.45) is 5.73. The highest BCUT2D eigenvalue weighted by Gasteiger charge is 2.01. The molecule has 0 saturated carbocycles. The van der Waals surface area contributed by atoms with E-state index in [0.29, 0.717) is 0 Å². The zero-order valence-corrected chi connectivity index (χ0v) is 10.7. The Morgan fingerprint density at radius 2 is 2.19 bits per heavy atom. The Morgan fingerprint density at radius 1 is 1.38 bits per heavy atom. The molecule has 0 atom stereocenters. The Morgan fingerprint density at radius 3 is 2.88 bits per heavy atom. The zero-order chi connectivity index (χ0) is 11.8. The van der Waals surface area contributed by atoms with Crippen LogP contribution in [0.5, 0.6) is 0 Å². The fourth-order valence-corrected chi connectivity index (χ4v) is 1.71. The number of rotatable bonds is 7. The first-order valence-corrected chi connectivity index (χ1v) is 6.08. The van der Waals surface area contributed by atoms with Gasteiger partial charge in [0.2, 0.25) is 0 Å². The van der Waals surface area contributed by atoms with Crippen molar-refractivity contribution in [3.8, 4) is 0 Å². The van der Waals surface area contributed by atoms with Crippen molar-refractivity contribution < 1.29 is 0 Å². The van der Waals surface area contributed by atoms with E-state index in [1.807, 2.05) is 13.2 Å². The summed E-state index contributed by atoms with van der Waals surface area (Å²) in [5.41, 5.74) is 2.36. The van der Waals surface area contributed by atoms with Crippen LogP contribution in [0.15, 0.2) is 18.3 Å². The lowest BCUT2D eigenvalue weighted by molar-refractivity contribution is 0.704. The number of anilines is 1. The molecule has 0 amide bonds. The molecule has 1 rings (SSSR count). The summed E-state index contributed by atoms with van der Waals surface area (Å²) in [6.45, 7) is 4.19.